The van der Waals surface area contributed by atoms with Crippen molar-refractivity contribution in [1.82, 2.24) is 20.2 Å². The van der Waals surface area contributed by atoms with Crippen molar-refractivity contribution in [2.45, 2.75) is 0 Å². The molecule has 0 fully saturated rings. The summed E-state index contributed by atoms with van der Waals surface area (Å²) in [5, 5.41) is 11.8. The highest BCUT2D eigenvalue weighted by molar-refractivity contribution is 6.42. The molecule has 3 aromatic rings. The van der Waals surface area contributed by atoms with E-state index in [1.54, 1.807) is 42.5 Å². The maximum Gasteiger partial charge on any atom is 0.185 e. The number of halogens is 2. The molecular weight excluding hydrogens is 335 g/mol. The van der Waals surface area contributed by atoms with Gasteiger partial charge in [-0.1, -0.05) is 47.5 Å². The van der Waals surface area contributed by atoms with Crippen LogP contribution in [0.4, 0.5) is 0 Å². The van der Waals surface area contributed by atoms with Gasteiger partial charge in [-0.15, -0.1) is 5.10 Å². The number of tetrazole rings is 1. The molecule has 0 saturated heterocycles. The van der Waals surface area contributed by atoms with Crippen molar-refractivity contribution < 1.29 is 4.79 Å². The fourth-order valence-corrected chi connectivity index (χ4v) is 2.36. The van der Waals surface area contributed by atoms with Gasteiger partial charge in [-0.3, -0.25) is 4.79 Å². The van der Waals surface area contributed by atoms with Crippen LogP contribution in [-0.4, -0.2) is 26.0 Å². The Bertz CT molecular complexity index is 876. The molecule has 0 amide bonds. The minimum absolute atomic E-state index is 0.157. The summed E-state index contributed by atoms with van der Waals surface area (Å²) >= 11 is 12.0. The smallest absolute Gasteiger partial charge is 0.185 e. The lowest BCUT2D eigenvalue weighted by molar-refractivity contribution is 0.104. The third kappa shape index (κ3) is 3.47. The number of nitrogens with zero attached hydrogens (tertiary/aromatic N) is 4. The molecule has 1 aromatic heterocycles. The molecule has 0 saturated carbocycles. The fourth-order valence-electron chi connectivity index (χ4n) is 1.99. The zero-order chi connectivity index (χ0) is 16.2. The molecule has 114 valence electrons. The highest BCUT2D eigenvalue weighted by Crippen LogP contribution is 2.26. The van der Waals surface area contributed by atoms with Crippen LogP contribution >= 0.6 is 23.2 Å². The van der Waals surface area contributed by atoms with Gasteiger partial charge in [0.05, 0.1) is 15.7 Å². The molecule has 7 heteroatoms. The van der Waals surface area contributed by atoms with E-state index in [4.69, 9.17) is 23.2 Å². The molecule has 0 spiro atoms. The lowest BCUT2D eigenvalue weighted by Gasteiger charge is -2.02. The summed E-state index contributed by atoms with van der Waals surface area (Å²) in [7, 11) is 0. The molecule has 3 rings (SSSR count). The van der Waals surface area contributed by atoms with Crippen LogP contribution in [0.1, 0.15) is 15.9 Å². The Hall–Kier alpha value is -2.50. The minimum Gasteiger partial charge on any atom is -0.289 e. The summed E-state index contributed by atoms with van der Waals surface area (Å²) in [6.45, 7) is 0. The van der Waals surface area contributed by atoms with Gasteiger partial charge < -0.3 is 0 Å². The first kappa shape index (κ1) is 15.4. The highest BCUT2D eigenvalue weighted by atomic mass is 35.5. The molecule has 0 aliphatic rings. The van der Waals surface area contributed by atoms with E-state index < -0.39 is 0 Å². The van der Waals surface area contributed by atoms with Crippen LogP contribution in [0.25, 0.3) is 11.8 Å². The maximum atomic E-state index is 12.3. The summed E-state index contributed by atoms with van der Waals surface area (Å²) in [6.07, 6.45) is 4.56. The number of carbonyl (C=O) groups is 1. The second kappa shape index (κ2) is 6.73. The Morgan fingerprint density at radius 1 is 1.13 bits per heavy atom. The number of allylic oxidation sites excluding steroid dienone is 1. The summed E-state index contributed by atoms with van der Waals surface area (Å²) in [4.78, 5) is 12.3. The van der Waals surface area contributed by atoms with Gasteiger partial charge in [-0.05, 0) is 46.3 Å². The van der Waals surface area contributed by atoms with E-state index in [0.717, 1.165) is 0 Å². The first-order valence-corrected chi connectivity index (χ1v) is 7.40. The Balaban J connectivity index is 1.85. The Morgan fingerprint density at radius 2 is 1.96 bits per heavy atom. The maximum absolute atomic E-state index is 12.3. The summed E-state index contributed by atoms with van der Waals surface area (Å²) in [6, 6.07) is 12.3. The van der Waals surface area contributed by atoms with Gasteiger partial charge in [0.2, 0.25) is 0 Å². The minimum atomic E-state index is -0.157. The van der Waals surface area contributed by atoms with Crippen molar-refractivity contribution in [1.29, 1.82) is 0 Å². The van der Waals surface area contributed by atoms with Crippen LogP contribution in [0.15, 0.2) is 54.9 Å². The molecule has 0 unspecified atom stereocenters. The number of aromatic nitrogens is 4. The predicted octanol–water partition coefficient (Wildman–Crippen LogP) is 3.87. The monoisotopic (exact) mass is 344 g/mol. The lowest BCUT2D eigenvalue weighted by Crippen LogP contribution is -1.99. The number of hydrogen-bond donors (Lipinski definition) is 0. The van der Waals surface area contributed by atoms with Crippen molar-refractivity contribution in [2.75, 3.05) is 0 Å². The summed E-state index contributed by atoms with van der Waals surface area (Å²) < 4.78 is 1.48. The van der Waals surface area contributed by atoms with Crippen molar-refractivity contribution in [3.8, 4) is 5.69 Å². The molecular formula is C16H10Cl2N4O. The Kier molecular flexibility index (Phi) is 4.50. The SMILES string of the molecule is O=C(/C=C/c1cccc(Cl)c1Cl)c1cccc(-n2cnnn2)c1. The van der Waals surface area contributed by atoms with Gasteiger partial charge in [0.1, 0.15) is 6.33 Å². The second-order valence-corrected chi connectivity index (χ2v) is 5.43. The number of carbonyl (C=O) groups excluding carboxylic acids is 1. The molecule has 0 bridgehead atoms. The van der Waals surface area contributed by atoms with E-state index in [1.807, 2.05) is 6.07 Å². The van der Waals surface area contributed by atoms with Crippen LogP contribution in [0.5, 0.6) is 0 Å². The third-order valence-corrected chi connectivity index (χ3v) is 3.97. The van der Waals surface area contributed by atoms with Gasteiger partial charge >= 0.3 is 0 Å². The molecule has 5 nitrogen and oxygen atoms in total. The van der Waals surface area contributed by atoms with Gasteiger partial charge in [0.15, 0.2) is 5.78 Å². The van der Waals surface area contributed by atoms with Crippen molar-refractivity contribution in [3.63, 3.8) is 0 Å². The van der Waals surface area contributed by atoms with Crippen LogP contribution < -0.4 is 0 Å². The average Bonchev–Trinajstić information content (AvgIpc) is 3.10. The van der Waals surface area contributed by atoms with Crippen LogP contribution in [0.3, 0.4) is 0 Å². The van der Waals surface area contributed by atoms with Gasteiger partial charge in [-0.2, -0.15) is 0 Å². The van der Waals surface area contributed by atoms with Gasteiger partial charge in [-0.25, -0.2) is 4.68 Å². The molecule has 0 aliphatic heterocycles. The zero-order valence-electron chi connectivity index (χ0n) is 11.7. The van der Waals surface area contributed by atoms with Crippen LogP contribution in [0, 0.1) is 0 Å². The first-order valence-electron chi connectivity index (χ1n) is 6.65. The lowest BCUT2D eigenvalue weighted by atomic mass is 10.1. The molecule has 0 N–H and O–H groups in total. The van der Waals surface area contributed by atoms with E-state index in [1.165, 1.54) is 17.1 Å². The van der Waals surface area contributed by atoms with Gasteiger partial charge in [0.25, 0.3) is 0 Å². The van der Waals surface area contributed by atoms with E-state index in [2.05, 4.69) is 15.5 Å². The van der Waals surface area contributed by atoms with Crippen molar-refractivity contribution >= 4 is 35.1 Å². The number of hydrogen-bond acceptors (Lipinski definition) is 4. The standard InChI is InChI=1S/C16H10Cl2N4O/c17-14-6-2-3-11(16(14)18)7-8-15(23)12-4-1-5-13(9-12)22-10-19-20-21-22/h1-10H/b8-7+. The van der Waals surface area contributed by atoms with Gasteiger partial charge in [0, 0.05) is 5.56 Å². The van der Waals surface area contributed by atoms with E-state index in [0.29, 0.717) is 26.9 Å². The first-order chi connectivity index (χ1) is 11.1. The molecule has 2 aromatic carbocycles. The predicted molar refractivity (Wildman–Crippen MR) is 89.0 cm³/mol. The van der Waals surface area contributed by atoms with Crippen molar-refractivity contribution in [3.05, 3.63) is 76.0 Å². The number of rotatable bonds is 4. The second-order valence-electron chi connectivity index (χ2n) is 4.65. The summed E-state index contributed by atoms with van der Waals surface area (Å²) in [5.74, 6) is -0.157. The Morgan fingerprint density at radius 3 is 2.74 bits per heavy atom. The molecule has 0 aliphatic carbocycles. The molecule has 1 heterocycles. The van der Waals surface area contributed by atoms with Crippen LogP contribution in [0.2, 0.25) is 10.0 Å². The molecule has 0 radical (unpaired) electrons. The largest absolute Gasteiger partial charge is 0.289 e. The van der Waals surface area contributed by atoms with Crippen LogP contribution in [-0.2, 0) is 0 Å². The number of benzene rings is 2. The third-order valence-electron chi connectivity index (χ3n) is 3.14. The topological polar surface area (TPSA) is 60.7 Å². The number of ketones is 1. The van der Waals surface area contributed by atoms with Crippen molar-refractivity contribution in [2.24, 2.45) is 0 Å². The zero-order valence-corrected chi connectivity index (χ0v) is 13.2. The Labute approximate surface area is 142 Å². The highest BCUT2D eigenvalue weighted by Gasteiger charge is 2.06. The molecule has 23 heavy (non-hydrogen) atoms. The normalized spacial score (nSPS) is 11.0. The fraction of sp³-hybridized carbons (Fsp3) is 0. The van der Waals surface area contributed by atoms with E-state index >= 15 is 0 Å². The molecule has 0 atom stereocenters. The summed E-state index contributed by atoms with van der Waals surface area (Å²) in [5.41, 5.74) is 1.91. The quantitative estimate of drug-likeness (QED) is 0.532. The van der Waals surface area contributed by atoms with E-state index in [9.17, 15) is 4.79 Å². The average molecular weight is 345 g/mol. The van der Waals surface area contributed by atoms with E-state index in [-0.39, 0.29) is 5.78 Å².